The second-order valence-electron chi connectivity index (χ2n) is 4.73. The Bertz CT molecular complexity index is 596. The van der Waals surface area contributed by atoms with Crippen LogP contribution in [-0.2, 0) is 11.2 Å². The van der Waals surface area contributed by atoms with Gasteiger partial charge in [-0.05, 0) is 36.2 Å². The van der Waals surface area contributed by atoms with Gasteiger partial charge >= 0.3 is 0 Å². The molecule has 0 bridgehead atoms. The molecule has 0 aliphatic rings. The largest absolute Gasteiger partial charge is 0.399 e. The first-order valence-electron chi connectivity index (χ1n) is 6.44. The summed E-state index contributed by atoms with van der Waals surface area (Å²) in [6, 6.07) is 15.2. The van der Waals surface area contributed by atoms with Crippen LogP contribution in [0.15, 0.2) is 53.0 Å². The molecule has 2 aromatic carbocycles. The Morgan fingerprint density at radius 2 is 1.85 bits per heavy atom. The van der Waals surface area contributed by atoms with E-state index in [0.717, 1.165) is 15.6 Å². The summed E-state index contributed by atoms with van der Waals surface area (Å²) < 4.78 is 1.00. The number of rotatable bonds is 4. The topological polar surface area (TPSA) is 55.1 Å². The Balaban J connectivity index is 1.98. The van der Waals surface area contributed by atoms with E-state index < -0.39 is 0 Å². The van der Waals surface area contributed by atoms with Crippen LogP contribution in [0.4, 0.5) is 5.69 Å². The van der Waals surface area contributed by atoms with Gasteiger partial charge in [0.2, 0.25) is 5.91 Å². The average Bonchev–Trinajstić information content (AvgIpc) is 2.41. The van der Waals surface area contributed by atoms with Gasteiger partial charge < -0.3 is 11.1 Å². The second kappa shape index (κ2) is 6.57. The minimum absolute atomic E-state index is 0.00183. The van der Waals surface area contributed by atoms with Crippen molar-refractivity contribution in [2.24, 2.45) is 0 Å². The molecule has 0 saturated carbocycles. The first-order chi connectivity index (χ1) is 9.56. The number of nitrogen functional groups attached to an aromatic ring is 1. The molecule has 104 valence electrons. The van der Waals surface area contributed by atoms with Gasteiger partial charge in [-0.15, -0.1) is 0 Å². The van der Waals surface area contributed by atoms with Crippen molar-refractivity contribution in [3.05, 3.63) is 64.1 Å². The highest BCUT2D eigenvalue weighted by Crippen LogP contribution is 2.22. The molecule has 3 N–H and O–H groups in total. The molecule has 1 atom stereocenters. The van der Waals surface area contributed by atoms with Crippen LogP contribution in [0, 0.1) is 0 Å². The highest BCUT2D eigenvalue weighted by atomic mass is 79.9. The number of nitrogens with one attached hydrogen (secondary N) is 1. The molecule has 0 fully saturated rings. The van der Waals surface area contributed by atoms with E-state index in [1.165, 1.54) is 0 Å². The van der Waals surface area contributed by atoms with Crippen molar-refractivity contribution in [3.8, 4) is 0 Å². The fraction of sp³-hybridized carbons (Fsp3) is 0.188. The molecule has 20 heavy (non-hydrogen) atoms. The lowest BCUT2D eigenvalue weighted by Gasteiger charge is -2.16. The summed E-state index contributed by atoms with van der Waals surface area (Å²) in [5.41, 5.74) is 8.35. The van der Waals surface area contributed by atoms with E-state index in [1.54, 1.807) is 12.1 Å². The molecule has 0 heterocycles. The second-order valence-corrected chi connectivity index (χ2v) is 5.58. The van der Waals surface area contributed by atoms with Gasteiger partial charge in [0, 0.05) is 10.2 Å². The fourth-order valence-corrected chi connectivity index (χ4v) is 2.65. The normalized spacial score (nSPS) is 11.9. The van der Waals surface area contributed by atoms with E-state index in [4.69, 9.17) is 5.73 Å². The monoisotopic (exact) mass is 332 g/mol. The third kappa shape index (κ3) is 3.84. The first-order valence-corrected chi connectivity index (χ1v) is 7.24. The molecule has 0 aliphatic carbocycles. The molecule has 2 rings (SSSR count). The highest BCUT2D eigenvalue weighted by molar-refractivity contribution is 9.10. The predicted octanol–water partition coefficient (Wildman–Crippen LogP) is 3.45. The van der Waals surface area contributed by atoms with Gasteiger partial charge in [0.25, 0.3) is 0 Å². The summed E-state index contributed by atoms with van der Waals surface area (Å²) >= 11 is 3.50. The Morgan fingerprint density at radius 1 is 1.20 bits per heavy atom. The number of nitrogens with two attached hydrogens (primary N) is 1. The van der Waals surface area contributed by atoms with Gasteiger partial charge in [-0.25, -0.2) is 0 Å². The van der Waals surface area contributed by atoms with Crippen LogP contribution in [-0.4, -0.2) is 5.91 Å². The Morgan fingerprint density at radius 3 is 2.50 bits per heavy atom. The highest BCUT2D eigenvalue weighted by Gasteiger charge is 2.12. The Kier molecular flexibility index (Phi) is 4.79. The number of carbonyl (C=O) groups is 1. The van der Waals surface area contributed by atoms with Gasteiger partial charge in [-0.2, -0.15) is 0 Å². The molecule has 0 radical (unpaired) electrons. The smallest absolute Gasteiger partial charge is 0.224 e. The maximum atomic E-state index is 12.0. The molecule has 2 aromatic rings. The quantitative estimate of drug-likeness (QED) is 0.842. The molecule has 0 aliphatic heterocycles. The third-order valence-corrected chi connectivity index (χ3v) is 3.82. The number of amides is 1. The predicted molar refractivity (Wildman–Crippen MR) is 85.3 cm³/mol. The summed E-state index contributed by atoms with van der Waals surface area (Å²) in [6.07, 6.45) is 0.356. The molecular formula is C16H17BrN2O. The maximum absolute atomic E-state index is 12.0. The van der Waals surface area contributed by atoms with Crippen molar-refractivity contribution in [2.75, 3.05) is 5.73 Å². The molecule has 4 heteroatoms. The number of hydrogen-bond donors (Lipinski definition) is 2. The molecule has 0 aromatic heterocycles. The van der Waals surface area contributed by atoms with Crippen molar-refractivity contribution in [3.63, 3.8) is 0 Å². The maximum Gasteiger partial charge on any atom is 0.224 e. The van der Waals surface area contributed by atoms with Crippen LogP contribution >= 0.6 is 15.9 Å². The van der Waals surface area contributed by atoms with Gasteiger partial charge in [-0.1, -0.05) is 46.3 Å². The van der Waals surface area contributed by atoms with E-state index in [0.29, 0.717) is 12.1 Å². The zero-order valence-corrected chi connectivity index (χ0v) is 12.9. The van der Waals surface area contributed by atoms with E-state index in [-0.39, 0.29) is 11.9 Å². The Hall–Kier alpha value is -1.81. The minimum Gasteiger partial charge on any atom is -0.399 e. The zero-order valence-electron chi connectivity index (χ0n) is 11.3. The fourth-order valence-electron chi connectivity index (χ4n) is 2.02. The van der Waals surface area contributed by atoms with Crippen molar-refractivity contribution in [1.29, 1.82) is 0 Å². The summed E-state index contributed by atoms with van der Waals surface area (Å²) in [6.45, 7) is 1.97. The van der Waals surface area contributed by atoms with Crippen LogP contribution in [0.1, 0.15) is 24.1 Å². The molecule has 0 saturated heterocycles. The summed E-state index contributed by atoms with van der Waals surface area (Å²) in [7, 11) is 0. The Labute approximate surface area is 127 Å². The molecular weight excluding hydrogens is 316 g/mol. The molecule has 0 spiro atoms. The number of anilines is 1. The van der Waals surface area contributed by atoms with E-state index in [1.807, 2.05) is 43.3 Å². The number of halogens is 1. The van der Waals surface area contributed by atoms with Crippen LogP contribution in [0.25, 0.3) is 0 Å². The molecule has 3 nitrogen and oxygen atoms in total. The van der Waals surface area contributed by atoms with Crippen molar-refractivity contribution in [2.45, 2.75) is 19.4 Å². The number of carbonyl (C=O) groups excluding carboxylic acids is 1. The van der Waals surface area contributed by atoms with Crippen molar-refractivity contribution in [1.82, 2.24) is 5.32 Å². The third-order valence-electron chi connectivity index (χ3n) is 3.09. The van der Waals surface area contributed by atoms with Gasteiger partial charge in [0.1, 0.15) is 0 Å². The minimum atomic E-state index is -0.0353. The van der Waals surface area contributed by atoms with E-state index in [2.05, 4.69) is 21.2 Å². The lowest BCUT2D eigenvalue weighted by molar-refractivity contribution is -0.121. The average molecular weight is 333 g/mol. The molecule has 0 unspecified atom stereocenters. The van der Waals surface area contributed by atoms with Crippen molar-refractivity contribution < 1.29 is 4.79 Å². The summed E-state index contributed by atoms with van der Waals surface area (Å²) in [4.78, 5) is 12.0. The summed E-state index contributed by atoms with van der Waals surface area (Å²) in [5.74, 6) is -0.00183. The van der Waals surface area contributed by atoms with Crippen LogP contribution in [0.3, 0.4) is 0 Å². The van der Waals surface area contributed by atoms with Crippen molar-refractivity contribution >= 4 is 27.5 Å². The van der Waals surface area contributed by atoms with Crippen LogP contribution < -0.4 is 11.1 Å². The first kappa shape index (κ1) is 14.6. The molecule has 1 amide bonds. The summed E-state index contributed by atoms with van der Waals surface area (Å²) in [5, 5.41) is 3.00. The van der Waals surface area contributed by atoms with Gasteiger partial charge in [-0.3, -0.25) is 4.79 Å². The van der Waals surface area contributed by atoms with Crippen LogP contribution in [0.2, 0.25) is 0 Å². The van der Waals surface area contributed by atoms with Gasteiger partial charge in [0.05, 0.1) is 12.5 Å². The standard InChI is InChI=1S/C16H17BrN2O/c1-11(14-4-2-3-5-15(14)17)19-16(20)10-12-6-8-13(18)9-7-12/h2-9,11H,10,18H2,1H3,(H,19,20)/t11-/m1/s1. The number of hydrogen-bond acceptors (Lipinski definition) is 2. The van der Waals surface area contributed by atoms with Gasteiger partial charge in [0.15, 0.2) is 0 Å². The zero-order chi connectivity index (χ0) is 14.5. The number of benzene rings is 2. The van der Waals surface area contributed by atoms with Crippen LogP contribution in [0.5, 0.6) is 0 Å². The van der Waals surface area contributed by atoms with E-state index in [9.17, 15) is 4.79 Å². The SMILES string of the molecule is C[C@@H](NC(=O)Cc1ccc(N)cc1)c1ccccc1Br. The van der Waals surface area contributed by atoms with E-state index >= 15 is 0 Å². The lowest BCUT2D eigenvalue weighted by atomic mass is 10.1. The lowest BCUT2D eigenvalue weighted by Crippen LogP contribution is -2.28.